The first-order valence-corrected chi connectivity index (χ1v) is 7.51. The summed E-state index contributed by atoms with van der Waals surface area (Å²) in [6.07, 6.45) is 1.39. The summed E-state index contributed by atoms with van der Waals surface area (Å²) in [7, 11) is -0.622. The molecule has 0 amide bonds. The molecule has 7 heteroatoms. The molecule has 6 nitrogen and oxygen atoms in total. The first kappa shape index (κ1) is 14.4. The molecule has 1 aromatic carbocycles. The van der Waals surface area contributed by atoms with Gasteiger partial charge in [0.05, 0.1) is 12.0 Å². The summed E-state index contributed by atoms with van der Waals surface area (Å²) in [6, 6.07) is 5.62. The van der Waals surface area contributed by atoms with Crippen LogP contribution in [-0.4, -0.2) is 25.0 Å². The number of anilines is 2. The molecule has 0 atom stereocenters. The minimum atomic E-state index is -3.73. The number of hydrogen-bond acceptors (Lipinski definition) is 4. The topological polar surface area (TPSA) is 81.2 Å². The van der Waals surface area contributed by atoms with Crippen LogP contribution in [0.3, 0.4) is 0 Å². The quantitative estimate of drug-likeness (QED) is 0.929. The fraction of sp³-hybridized carbons (Fsp3) is 0.308. The molecule has 0 spiro atoms. The zero-order valence-corrected chi connectivity index (χ0v) is 12.8. The minimum Gasteiger partial charge on any atom is -0.381 e. The molecule has 0 radical (unpaired) electrons. The molecule has 2 rings (SSSR count). The maximum absolute atomic E-state index is 12.6. The Balaban J connectivity index is 2.54. The molecule has 1 heterocycles. The second-order valence-corrected chi connectivity index (χ2v) is 6.75. The van der Waals surface area contributed by atoms with E-state index in [1.54, 1.807) is 7.05 Å². The van der Waals surface area contributed by atoms with Crippen LogP contribution < -0.4 is 10.0 Å². The van der Waals surface area contributed by atoms with Crippen molar-refractivity contribution in [1.82, 2.24) is 9.55 Å². The molecule has 0 saturated heterocycles. The summed E-state index contributed by atoms with van der Waals surface area (Å²) in [6.45, 7) is 3.85. The average molecular weight is 294 g/mol. The monoisotopic (exact) mass is 294 g/mol. The van der Waals surface area contributed by atoms with Crippen molar-refractivity contribution in [2.45, 2.75) is 18.9 Å². The van der Waals surface area contributed by atoms with E-state index in [9.17, 15) is 8.42 Å². The standard InChI is InChI=1S/C13H18N4O2S/c1-9-5-10(2)7-11(6-9)17(4)20(18,19)13-12(14)15-8-16(13)3/h5-8H,14H2,1-4H3. The number of nitrogen functional groups attached to an aromatic ring is 1. The Hall–Kier alpha value is -2.02. The molecule has 2 aromatic rings. The van der Waals surface area contributed by atoms with Crippen LogP contribution >= 0.6 is 0 Å². The highest BCUT2D eigenvalue weighted by molar-refractivity contribution is 7.92. The van der Waals surface area contributed by atoms with Crippen LogP contribution in [-0.2, 0) is 17.1 Å². The van der Waals surface area contributed by atoms with Crippen molar-refractivity contribution in [1.29, 1.82) is 0 Å². The van der Waals surface area contributed by atoms with Crippen LogP contribution in [0.25, 0.3) is 0 Å². The summed E-state index contributed by atoms with van der Waals surface area (Å²) >= 11 is 0. The molecule has 0 aliphatic rings. The number of sulfonamides is 1. The lowest BCUT2D eigenvalue weighted by Gasteiger charge is -2.20. The van der Waals surface area contributed by atoms with E-state index >= 15 is 0 Å². The third kappa shape index (κ3) is 2.36. The van der Waals surface area contributed by atoms with Gasteiger partial charge < -0.3 is 10.3 Å². The van der Waals surface area contributed by atoms with Gasteiger partial charge in [-0.3, -0.25) is 4.31 Å². The number of rotatable bonds is 3. The molecule has 20 heavy (non-hydrogen) atoms. The van der Waals surface area contributed by atoms with Gasteiger partial charge in [-0.05, 0) is 37.1 Å². The van der Waals surface area contributed by atoms with E-state index in [0.29, 0.717) is 5.69 Å². The molecule has 0 fully saturated rings. The van der Waals surface area contributed by atoms with Gasteiger partial charge in [0.25, 0.3) is 10.0 Å². The van der Waals surface area contributed by atoms with Crippen molar-refractivity contribution in [3.63, 3.8) is 0 Å². The van der Waals surface area contributed by atoms with Crippen LogP contribution in [0.4, 0.5) is 11.5 Å². The van der Waals surface area contributed by atoms with Gasteiger partial charge in [0.15, 0.2) is 10.8 Å². The maximum Gasteiger partial charge on any atom is 0.283 e. The van der Waals surface area contributed by atoms with Gasteiger partial charge >= 0.3 is 0 Å². The summed E-state index contributed by atoms with van der Waals surface area (Å²) in [4.78, 5) is 3.83. The van der Waals surface area contributed by atoms with Crippen molar-refractivity contribution < 1.29 is 8.42 Å². The van der Waals surface area contributed by atoms with Crippen molar-refractivity contribution >= 4 is 21.5 Å². The number of nitrogens with zero attached hydrogens (tertiary/aromatic N) is 3. The van der Waals surface area contributed by atoms with Crippen LogP contribution in [0.15, 0.2) is 29.6 Å². The zero-order chi connectivity index (χ0) is 15.1. The van der Waals surface area contributed by atoms with Crippen molar-refractivity contribution in [3.8, 4) is 0 Å². The second-order valence-electron chi connectivity index (χ2n) is 4.86. The van der Waals surface area contributed by atoms with E-state index < -0.39 is 10.0 Å². The number of aryl methyl sites for hydroxylation is 3. The maximum atomic E-state index is 12.6. The first-order chi connectivity index (χ1) is 9.23. The number of hydrogen-bond donors (Lipinski definition) is 1. The Morgan fingerprint density at radius 1 is 1.20 bits per heavy atom. The summed E-state index contributed by atoms with van der Waals surface area (Å²) in [5.74, 6) is 0.00345. The summed E-state index contributed by atoms with van der Waals surface area (Å²) in [5.41, 5.74) is 8.27. The Morgan fingerprint density at radius 2 is 1.75 bits per heavy atom. The molecule has 0 aliphatic carbocycles. The SMILES string of the molecule is Cc1cc(C)cc(N(C)S(=O)(=O)c2c(N)ncn2C)c1. The van der Waals surface area contributed by atoms with Gasteiger partial charge in [-0.2, -0.15) is 8.42 Å². The van der Waals surface area contributed by atoms with Crippen molar-refractivity contribution in [3.05, 3.63) is 35.7 Å². The van der Waals surface area contributed by atoms with E-state index in [1.165, 1.54) is 22.2 Å². The average Bonchev–Trinajstić information content (AvgIpc) is 2.67. The van der Waals surface area contributed by atoms with E-state index in [4.69, 9.17) is 5.73 Å². The third-order valence-electron chi connectivity index (χ3n) is 3.08. The third-order valence-corrected chi connectivity index (χ3v) is 5.00. The number of imidazole rings is 1. The fourth-order valence-corrected chi connectivity index (χ4v) is 3.52. The van der Waals surface area contributed by atoms with E-state index in [0.717, 1.165) is 11.1 Å². The molecule has 1 aromatic heterocycles. The molecule has 0 saturated carbocycles. The molecule has 0 aliphatic heterocycles. The first-order valence-electron chi connectivity index (χ1n) is 6.07. The molecular formula is C13H18N4O2S. The summed E-state index contributed by atoms with van der Waals surface area (Å²) in [5, 5.41) is -0.000779. The number of benzene rings is 1. The van der Waals surface area contributed by atoms with Crippen LogP contribution in [0, 0.1) is 13.8 Å². The van der Waals surface area contributed by atoms with Crippen molar-refractivity contribution in [2.75, 3.05) is 17.1 Å². The van der Waals surface area contributed by atoms with E-state index in [1.807, 2.05) is 32.0 Å². The predicted molar refractivity (Wildman–Crippen MR) is 79.1 cm³/mol. The van der Waals surface area contributed by atoms with E-state index in [2.05, 4.69) is 4.98 Å². The van der Waals surface area contributed by atoms with Gasteiger partial charge in [0.1, 0.15) is 0 Å². The Labute approximate surface area is 118 Å². The van der Waals surface area contributed by atoms with Crippen LogP contribution in [0.1, 0.15) is 11.1 Å². The van der Waals surface area contributed by atoms with Crippen molar-refractivity contribution in [2.24, 2.45) is 7.05 Å². The molecular weight excluding hydrogens is 276 g/mol. The Kier molecular flexibility index (Phi) is 3.47. The lowest BCUT2D eigenvalue weighted by atomic mass is 10.1. The molecule has 0 bridgehead atoms. The lowest BCUT2D eigenvalue weighted by molar-refractivity contribution is 0.585. The molecule has 2 N–H and O–H groups in total. The normalized spacial score (nSPS) is 11.6. The van der Waals surface area contributed by atoms with Gasteiger partial charge in [0.2, 0.25) is 0 Å². The fourth-order valence-electron chi connectivity index (χ4n) is 2.15. The number of aromatic nitrogens is 2. The number of nitrogens with two attached hydrogens (primary N) is 1. The van der Waals surface area contributed by atoms with Crippen LogP contribution in [0.5, 0.6) is 0 Å². The van der Waals surface area contributed by atoms with Gasteiger partial charge in [-0.1, -0.05) is 6.07 Å². The highest BCUT2D eigenvalue weighted by atomic mass is 32.2. The lowest BCUT2D eigenvalue weighted by Crippen LogP contribution is -2.29. The summed E-state index contributed by atoms with van der Waals surface area (Å²) < 4.78 is 27.9. The van der Waals surface area contributed by atoms with Gasteiger partial charge in [0, 0.05) is 14.1 Å². The Morgan fingerprint density at radius 3 is 2.20 bits per heavy atom. The zero-order valence-electron chi connectivity index (χ0n) is 12.0. The largest absolute Gasteiger partial charge is 0.381 e. The highest BCUT2D eigenvalue weighted by Gasteiger charge is 2.27. The van der Waals surface area contributed by atoms with Crippen LogP contribution in [0.2, 0.25) is 0 Å². The Bertz CT molecular complexity index is 710. The van der Waals surface area contributed by atoms with E-state index in [-0.39, 0.29) is 10.8 Å². The molecule has 0 unspecified atom stereocenters. The smallest absolute Gasteiger partial charge is 0.283 e. The second kappa shape index (κ2) is 4.82. The highest BCUT2D eigenvalue weighted by Crippen LogP contribution is 2.26. The minimum absolute atomic E-state index is 0.000779. The molecule has 108 valence electrons. The van der Waals surface area contributed by atoms with Gasteiger partial charge in [-0.25, -0.2) is 4.98 Å². The predicted octanol–water partition coefficient (Wildman–Crippen LogP) is 1.44. The van der Waals surface area contributed by atoms with Gasteiger partial charge in [-0.15, -0.1) is 0 Å².